The molecule has 8 nitrogen and oxygen atoms in total. The molecule has 0 atom stereocenters. The molecule has 0 aliphatic carbocycles. The monoisotopic (exact) mass is 682 g/mol. The molecule has 0 unspecified atom stereocenters. The van der Waals surface area contributed by atoms with Crippen molar-refractivity contribution >= 4 is 0 Å². The third kappa shape index (κ3) is 11.5. The van der Waals surface area contributed by atoms with Gasteiger partial charge in [-0.2, -0.15) is 0 Å². The Kier molecular flexibility index (Phi) is 14.0. The maximum absolute atomic E-state index is 6.23. The Hall–Kier alpha value is -4.08. The second-order valence-corrected chi connectivity index (χ2v) is 13.4. The van der Waals surface area contributed by atoms with E-state index in [0.29, 0.717) is 52.9 Å². The molecule has 0 N–H and O–H groups in total. The Morgan fingerprint density at radius 3 is 0.840 bits per heavy atom. The summed E-state index contributed by atoms with van der Waals surface area (Å²) in [6.07, 6.45) is 0. The fourth-order valence-electron chi connectivity index (χ4n) is 6.21. The summed E-state index contributed by atoms with van der Waals surface area (Å²) in [5, 5.41) is 0. The highest BCUT2D eigenvalue weighted by molar-refractivity contribution is 5.40. The van der Waals surface area contributed by atoms with E-state index in [9.17, 15) is 0 Å². The first-order valence-electron chi connectivity index (χ1n) is 17.7. The van der Waals surface area contributed by atoms with Crippen LogP contribution in [0.25, 0.3) is 0 Å². The van der Waals surface area contributed by atoms with Gasteiger partial charge in [-0.05, 0) is 66.1 Å². The summed E-state index contributed by atoms with van der Waals surface area (Å²) in [6, 6.07) is 25.4. The number of hydrogen-bond donors (Lipinski definition) is 0. The second kappa shape index (κ2) is 18.8. The minimum Gasteiger partial charge on any atom is -0.491 e. The Labute approximate surface area is 298 Å². The Balaban J connectivity index is 1.29. The zero-order valence-electron chi connectivity index (χ0n) is 30.8. The SMILES string of the molecule is Cc1ccc2c(c1)CN(C)Cc1cc(C)ccc1OCCOCCOc1ccc(C)cc1CN(C)Cc1cc(C)ccc1OCCOCCO2. The standard InChI is InChI=1S/C42H54N2O6/c1-31-7-11-39-35(23-31)27-43(5)28-36-24-32(2)8-12-40(36)48-21-17-46-18-22-50-42-14-10-34(4)26-38(42)30-44(6)29-37-25-33(3)9-13-41(37)49-20-16-45-15-19-47-39/h7-14,23-26H,15-22,27-30H2,1-6H3. The summed E-state index contributed by atoms with van der Waals surface area (Å²) in [5.74, 6) is 3.51. The van der Waals surface area contributed by atoms with Crippen molar-refractivity contribution in [2.45, 2.75) is 53.9 Å². The van der Waals surface area contributed by atoms with Gasteiger partial charge in [0.05, 0.1) is 26.4 Å². The fourth-order valence-corrected chi connectivity index (χ4v) is 6.21. The molecule has 0 spiro atoms. The van der Waals surface area contributed by atoms with Gasteiger partial charge < -0.3 is 28.4 Å². The third-order valence-electron chi connectivity index (χ3n) is 8.57. The van der Waals surface area contributed by atoms with Crippen molar-refractivity contribution in [3.05, 3.63) is 117 Å². The molecule has 8 heteroatoms. The van der Waals surface area contributed by atoms with Gasteiger partial charge in [0.25, 0.3) is 0 Å². The van der Waals surface area contributed by atoms with Crippen molar-refractivity contribution in [3.63, 3.8) is 0 Å². The van der Waals surface area contributed by atoms with Crippen molar-refractivity contribution in [1.82, 2.24) is 9.80 Å². The van der Waals surface area contributed by atoms with Crippen LogP contribution in [-0.2, 0) is 35.7 Å². The maximum atomic E-state index is 6.23. The van der Waals surface area contributed by atoms with Crippen LogP contribution in [0, 0.1) is 27.7 Å². The summed E-state index contributed by atoms with van der Waals surface area (Å²) in [7, 11) is 4.25. The number of nitrogens with zero attached hydrogens (tertiary/aromatic N) is 2. The van der Waals surface area contributed by atoms with Gasteiger partial charge >= 0.3 is 0 Å². The molecule has 4 aromatic carbocycles. The molecule has 1 heterocycles. The van der Waals surface area contributed by atoms with Gasteiger partial charge in [0.15, 0.2) is 0 Å². The fraction of sp³-hybridized carbons (Fsp3) is 0.429. The van der Waals surface area contributed by atoms with E-state index in [0.717, 1.165) is 71.4 Å². The quantitative estimate of drug-likeness (QED) is 0.190. The number of hydrogen-bond acceptors (Lipinski definition) is 8. The molecule has 1 aliphatic heterocycles. The smallest absolute Gasteiger partial charge is 0.123 e. The van der Waals surface area contributed by atoms with E-state index in [2.05, 4.69) is 124 Å². The molecule has 1 aliphatic rings. The van der Waals surface area contributed by atoms with E-state index < -0.39 is 0 Å². The van der Waals surface area contributed by atoms with E-state index in [-0.39, 0.29) is 0 Å². The lowest BCUT2D eigenvalue weighted by Crippen LogP contribution is -2.20. The lowest BCUT2D eigenvalue weighted by atomic mass is 10.1. The Bertz CT molecular complexity index is 1430. The molecule has 0 saturated heterocycles. The zero-order valence-corrected chi connectivity index (χ0v) is 30.8. The molecule has 0 radical (unpaired) electrons. The van der Waals surface area contributed by atoms with Crippen molar-refractivity contribution in [2.24, 2.45) is 0 Å². The van der Waals surface area contributed by atoms with Gasteiger partial charge in [0, 0.05) is 48.4 Å². The molecule has 268 valence electrons. The van der Waals surface area contributed by atoms with Crippen LogP contribution in [0.4, 0.5) is 0 Å². The highest BCUT2D eigenvalue weighted by Crippen LogP contribution is 2.27. The molecule has 0 aromatic heterocycles. The van der Waals surface area contributed by atoms with Crippen molar-refractivity contribution in [3.8, 4) is 23.0 Å². The molecule has 0 bridgehead atoms. The van der Waals surface area contributed by atoms with E-state index in [1.807, 2.05) is 0 Å². The highest BCUT2D eigenvalue weighted by Gasteiger charge is 2.14. The first-order chi connectivity index (χ1) is 24.2. The van der Waals surface area contributed by atoms with Crippen LogP contribution in [0.3, 0.4) is 0 Å². The normalized spacial score (nSPS) is 16.8. The molecule has 4 aromatic rings. The summed E-state index contributed by atoms with van der Waals surface area (Å²) in [6.45, 7) is 15.1. The van der Waals surface area contributed by atoms with Crippen LogP contribution in [-0.4, -0.2) is 76.8 Å². The summed E-state index contributed by atoms with van der Waals surface area (Å²) in [4.78, 5) is 4.58. The second-order valence-electron chi connectivity index (χ2n) is 13.4. The van der Waals surface area contributed by atoms with Crippen molar-refractivity contribution in [2.75, 3.05) is 67.0 Å². The van der Waals surface area contributed by atoms with Crippen molar-refractivity contribution in [1.29, 1.82) is 0 Å². The van der Waals surface area contributed by atoms with Crippen LogP contribution < -0.4 is 18.9 Å². The van der Waals surface area contributed by atoms with Crippen LogP contribution in [0.2, 0.25) is 0 Å². The van der Waals surface area contributed by atoms with E-state index in [4.69, 9.17) is 28.4 Å². The molecule has 0 fully saturated rings. The first kappa shape index (κ1) is 37.2. The number of ether oxygens (including phenoxy) is 6. The lowest BCUT2D eigenvalue weighted by Gasteiger charge is -2.22. The Morgan fingerprint density at radius 2 is 0.600 bits per heavy atom. The molecule has 0 amide bonds. The van der Waals surface area contributed by atoms with E-state index in [1.165, 1.54) is 22.3 Å². The summed E-state index contributed by atoms with van der Waals surface area (Å²) in [5.41, 5.74) is 9.37. The lowest BCUT2D eigenvalue weighted by molar-refractivity contribution is 0.0750. The molecule has 0 saturated carbocycles. The van der Waals surface area contributed by atoms with Crippen molar-refractivity contribution < 1.29 is 28.4 Å². The number of benzene rings is 4. The minimum atomic E-state index is 0.461. The summed E-state index contributed by atoms with van der Waals surface area (Å²) >= 11 is 0. The molecular weight excluding hydrogens is 628 g/mol. The average Bonchev–Trinajstić information content (AvgIpc) is 3.07. The van der Waals surface area contributed by atoms with Crippen LogP contribution in [0.1, 0.15) is 44.5 Å². The maximum Gasteiger partial charge on any atom is 0.123 e. The molecular formula is C42H54N2O6. The van der Waals surface area contributed by atoms with Crippen LogP contribution >= 0.6 is 0 Å². The third-order valence-corrected chi connectivity index (χ3v) is 8.57. The number of fused-ring (bicyclic) bond motifs is 4. The first-order valence-corrected chi connectivity index (χ1v) is 17.7. The molecule has 5 rings (SSSR count). The van der Waals surface area contributed by atoms with Gasteiger partial charge in [-0.15, -0.1) is 0 Å². The van der Waals surface area contributed by atoms with Gasteiger partial charge in [-0.1, -0.05) is 70.8 Å². The largest absolute Gasteiger partial charge is 0.491 e. The topological polar surface area (TPSA) is 61.9 Å². The highest BCUT2D eigenvalue weighted by atomic mass is 16.6. The van der Waals surface area contributed by atoms with Gasteiger partial charge in [0.2, 0.25) is 0 Å². The number of aryl methyl sites for hydroxylation is 4. The Morgan fingerprint density at radius 1 is 0.360 bits per heavy atom. The van der Waals surface area contributed by atoms with Crippen LogP contribution in [0.15, 0.2) is 72.8 Å². The van der Waals surface area contributed by atoms with E-state index in [1.54, 1.807) is 0 Å². The van der Waals surface area contributed by atoms with Crippen LogP contribution in [0.5, 0.6) is 23.0 Å². The predicted octanol–water partition coefficient (Wildman–Crippen LogP) is 7.45. The van der Waals surface area contributed by atoms with Gasteiger partial charge in [0.1, 0.15) is 49.4 Å². The van der Waals surface area contributed by atoms with E-state index >= 15 is 0 Å². The zero-order chi connectivity index (χ0) is 35.3. The summed E-state index contributed by atoms with van der Waals surface area (Å²) < 4.78 is 36.8. The molecule has 50 heavy (non-hydrogen) atoms. The average molecular weight is 683 g/mol. The van der Waals surface area contributed by atoms with Gasteiger partial charge in [-0.3, -0.25) is 9.80 Å². The number of rotatable bonds is 0. The van der Waals surface area contributed by atoms with Gasteiger partial charge in [-0.25, -0.2) is 0 Å². The minimum absolute atomic E-state index is 0.461. The predicted molar refractivity (Wildman–Crippen MR) is 199 cm³/mol.